The summed E-state index contributed by atoms with van der Waals surface area (Å²) in [6.45, 7) is 4.68. The third-order valence-corrected chi connectivity index (χ3v) is 7.66. The first kappa shape index (κ1) is 26.0. The summed E-state index contributed by atoms with van der Waals surface area (Å²) in [6, 6.07) is 3.92. The van der Waals surface area contributed by atoms with Crippen LogP contribution in [0.4, 0.5) is 8.78 Å². The molecule has 2 aliphatic heterocycles. The summed E-state index contributed by atoms with van der Waals surface area (Å²) in [5, 5.41) is 12.2. The first-order valence-electron chi connectivity index (χ1n) is 12.3. The highest BCUT2D eigenvalue weighted by atomic mass is 19.1. The summed E-state index contributed by atoms with van der Waals surface area (Å²) in [4.78, 5) is 44.8. The minimum absolute atomic E-state index is 0.0474. The quantitative estimate of drug-likeness (QED) is 0.642. The smallest absolute Gasteiger partial charge is 0.242 e. The number of nitrogens with one attached hydrogen (secondary N) is 1. The second kappa shape index (κ2) is 10.9. The molecule has 1 aromatic rings. The Morgan fingerprint density at radius 2 is 1.83 bits per heavy atom. The van der Waals surface area contributed by atoms with Crippen molar-refractivity contribution in [2.45, 2.75) is 44.8 Å². The number of carbonyl (C=O) groups is 3. The Morgan fingerprint density at radius 3 is 2.44 bits per heavy atom. The molecule has 1 N–H and O–H groups in total. The summed E-state index contributed by atoms with van der Waals surface area (Å²) in [5.74, 6) is -2.47. The second-order valence-corrected chi connectivity index (χ2v) is 9.92. The molecule has 3 fully saturated rings. The molecule has 2 heterocycles. The lowest BCUT2D eigenvalue weighted by Gasteiger charge is -2.47. The van der Waals surface area contributed by atoms with E-state index in [9.17, 15) is 23.2 Å². The molecular weight excluding hydrogens is 470 g/mol. The van der Waals surface area contributed by atoms with Gasteiger partial charge in [-0.05, 0) is 37.0 Å². The maximum absolute atomic E-state index is 13.9. The van der Waals surface area contributed by atoms with Gasteiger partial charge in [-0.2, -0.15) is 5.26 Å². The number of fused-ring (bicyclic) bond motifs is 1. The molecule has 1 aromatic carbocycles. The second-order valence-electron chi connectivity index (χ2n) is 9.92. The molecule has 0 spiro atoms. The van der Waals surface area contributed by atoms with Gasteiger partial charge in [-0.3, -0.25) is 24.6 Å². The zero-order chi connectivity index (χ0) is 26.0. The molecule has 11 heteroatoms. The van der Waals surface area contributed by atoms with Crippen molar-refractivity contribution in [3.05, 3.63) is 34.9 Å². The third-order valence-electron chi connectivity index (χ3n) is 7.66. The topological polar surface area (TPSA) is 100.0 Å². The summed E-state index contributed by atoms with van der Waals surface area (Å²) in [6.07, 6.45) is 2.58. The Kier molecular flexibility index (Phi) is 7.85. The predicted molar refractivity (Wildman–Crippen MR) is 126 cm³/mol. The molecule has 3 aliphatic rings. The fraction of sp³-hybridized carbons (Fsp3) is 0.600. The summed E-state index contributed by atoms with van der Waals surface area (Å²) in [7, 11) is 1.51. The normalized spacial score (nSPS) is 24.8. The van der Waals surface area contributed by atoms with E-state index in [1.165, 1.54) is 22.9 Å². The van der Waals surface area contributed by atoms with Crippen LogP contribution in [0.1, 0.15) is 37.3 Å². The Balaban J connectivity index is 1.33. The maximum Gasteiger partial charge on any atom is 0.242 e. The molecule has 0 aromatic heterocycles. The Hall–Kier alpha value is -3.10. The maximum atomic E-state index is 13.9. The lowest BCUT2D eigenvalue weighted by Crippen LogP contribution is -2.62. The highest BCUT2D eigenvalue weighted by Crippen LogP contribution is 2.32. The third kappa shape index (κ3) is 5.50. The molecular formula is C25H32F2N6O3. The van der Waals surface area contributed by atoms with Gasteiger partial charge in [-0.25, -0.2) is 8.78 Å². The van der Waals surface area contributed by atoms with Gasteiger partial charge >= 0.3 is 0 Å². The number of benzene rings is 1. The van der Waals surface area contributed by atoms with Crippen LogP contribution in [-0.2, 0) is 20.9 Å². The molecule has 1 aliphatic carbocycles. The molecule has 0 radical (unpaired) electrons. The van der Waals surface area contributed by atoms with E-state index in [-0.39, 0.29) is 61.0 Å². The number of hydrogen-bond donors (Lipinski definition) is 1. The molecule has 2 saturated heterocycles. The van der Waals surface area contributed by atoms with Gasteiger partial charge in [0.1, 0.15) is 29.8 Å². The SMILES string of the molecule is CC(=O)N1CCN(C2CCC3NCN(CC(=O)N(C)Cc4cc(F)c(C#N)c(F)c4)C(=O)C3C2)CC1. The Labute approximate surface area is 209 Å². The number of rotatable bonds is 5. The van der Waals surface area contributed by atoms with Crippen LogP contribution in [0.2, 0.25) is 0 Å². The zero-order valence-corrected chi connectivity index (χ0v) is 20.7. The molecule has 9 nitrogen and oxygen atoms in total. The van der Waals surface area contributed by atoms with Gasteiger partial charge in [-0.15, -0.1) is 0 Å². The molecule has 3 amide bonds. The van der Waals surface area contributed by atoms with Gasteiger partial charge in [0.05, 0.1) is 12.6 Å². The van der Waals surface area contributed by atoms with E-state index in [0.717, 1.165) is 38.1 Å². The van der Waals surface area contributed by atoms with Crippen LogP contribution in [0.5, 0.6) is 0 Å². The van der Waals surface area contributed by atoms with Crippen molar-refractivity contribution >= 4 is 17.7 Å². The first-order valence-corrected chi connectivity index (χ1v) is 12.3. The number of amides is 3. The van der Waals surface area contributed by atoms with E-state index < -0.39 is 17.2 Å². The lowest BCUT2D eigenvalue weighted by atomic mass is 9.79. The number of hydrogen-bond acceptors (Lipinski definition) is 6. The minimum Gasteiger partial charge on any atom is -0.340 e. The molecule has 3 unspecified atom stereocenters. The van der Waals surface area contributed by atoms with E-state index in [4.69, 9.17) is 5.26 Å². The van der Waals surface area contributed by atoms with Crippen molar-refractivity contribution in [1.29, 1.82) is 5.26 Å². The van der Waals surface area contributed by atoms with Gasteiger partial charge in [0.25, 0.3) is 0 Å². The number of halogens is 2. The van der Waals surface area contributed by atoms with Gasteiger partial charge in [-0.1, -0.05) is 0 Å². The van der Waals surface area contributed by atoms with Gasteiger partial charge in [0.15, 0.2) is 0 Å². The zero-order valence-electron chi connectivity index (χ0n) is 20.7. The largest absolute Gasteiger partial charge is 0.340 e. The van der Waals surface area contributed by atoms with Crippen LogP contribution in [-0.4, -0.2) is 95.8 Å². The lowest BCUT2D eigenvalue weighted by molar-refractivity contribution is -0.148. The van der Waals surface area contributed by atoms with Crippen molar-refractivity contribution in [2.24, 2.45) is 5.92 Å². The molecule has 1 saturated carbocycles. The summed E-state index contributed by atoms with van der Waals surface area (Å²) in [5.41, 5.74) is -0.429. The number of likely N-dealkylation sites (N-methyl/N-ethyl adjacent to an activating group) is 1. The Bertz CT molecular complexity index is 1050. The fourth-order valence-corrected chi connectivity index (χ4v) is 5.54. The van der Waals surface area contributed by atoms with Crippen molar-refractivity contribution in [3.8, 4) is 6.07 Å². The van der Waals surface area contributed by atoms with E-state index in [0.29, 0.717) is 19.5 Å². The van der Waals surface area contributed by atoms with E-state index >= 15 is 0 Å². The molecule has 36 heavy (non-hydrogen) atoms. The first-order chi connectivity index (χ1) is 17.2. The van der Waals surface area contributed by atoms with Crippen LogP contribution in [0.15, 0.2) is 12.1 Å². The monoisotopic (exact) mass is 502 g/mol. The number of nitrogens with zero attached hydrogens (tertiary/aromatic N) is 5. The van der Waals surface area contributed by atoms with Crippen LogP contribution in [0, 0.1) is 28.9 Å². The summed E-state index contributed by atoms with van der Waals surface area (Å²) >= 11 is 0. The van der Waals surface area contributed by atoms with Crippen LogP contribution in [0.3, 0.4) is 0 Å². The van der Waals surface area contributed by atoms with Crippen LogP contribution < -0.4 is 5.32 Å². The van der Waals surface area contributed by atoms with Crippen molar-refractivity contribution in [1.82, 2.24) is 24.9 Å². The summed E-state index contributed by atoms with van der Waals surface area (Å²) < 4.78 is 27.8. The van der Waals surface area contributed by atoms with Crippen LogP contribution in [0.25, 0.3) is 0 Å². The number of piperazine rings is 1. The number of carbonyl (C=O) groups excluding carboxylic acids is 3. The highest BCUT2D eigenvalue weighted by molar-refractivity contribution is 5.86. The molecule has 3 atom stereocenters. The Morgan fingerprint density at radius 1 is 1.17 bits per heavy atom. The molecule has 0 bridgehead atoms. The molecule has 194 valence electrons. The van der Waals surface area contributed by atoms with Crippen molar-refractivity contribution in [2.75, 3.05) is 46.4 Å². The standard InChI is InChI=1S/C25H32F2N6O3/c1-16(34)31-5-7-32(8-6-31)18-3-4-23-19(11-18)25(36)33(15-29-23)14-24(35)30(2)13-17-9-21(26)20(12-28)22(27)10-17/h9-10,18-19,23,29H,3-8,11,13-15H2,1-2H3. The van der Waals surface area contributed by atoms with E-state index in [1.807, 2.05) is 4.90 Å². The van der Waals surface area contributed by atoms with Crippen LogP contribution >= 0.6 is 0 Å². The van der Waals surface area contributed by atoms with Gasteiger partial charge in [0, 0.05) is 58.8 Å². The highest BCUT2D eigenvalue weighted by Gasteiger charge is 2.42. The fourth-order valence-electron chi connectivity index (χ4n) is 5.54. The average Bonchev–Trinajstić information content (AvgIpc) is 2.85. The van der Waals surface area contributed by atoms with E-state index in [1.54, 1.807) is 6.92 Å². The van der Waals surface area contributed by atoms with Crippen molar-refractivity contribution < 1.29 is 23.2 Å². The average molecular weight is 503 g/mol. The van der Waals surface area contributed by atoms with Gasteiger partial charge < -0.3 is 14.7 Å². The molecule has 4 rings (SSSR count). The van der Waals surface area contributed by atoms with Crippen molar-refractivity contribution in [3.63, 3.8) is 0 Å². The number of nitriles is 1. The van der Waals surface area contributed by atoms with Gasteiger partial charge in [0.2, 0.25) is 17.7 Å². The minimum atomic E-state index is -0.968. The van der Waals surface area contributed by atoms with E-state index in [2.05, 4.69) is 10.2 Å². The predicted octanol–water partition coefficient (Wildman–Crippen LogP) is 0.886.